The molecule has 0 aliphatic carbocycles. The Morgan fingerprint density at radius 1 is 1.44 bits per heavy atom. The summed E-state index contributed by atoms with van der Waals surface area (Å²) < 4.78 is 0. The van der Waals surface area contributed by atoms with Crippen molar-refractivity contribution in [1.82, 2.24) is 9.88 Å². The minimum atomic E-state index is 0.0753. The molecular weight excluding hydrogens is 248 g/mol. The topological polar surface area (TPSA) is 43.2 Å². The number of aromatic nitrogens is 1. The zero-order valence-electron chi connectivity index (χ0n) is 10.9. The summed E-state index contributed by atoms with van der Waals surface area (Å²) in [5.74, 6) is 0.719. The maximum Gasteiger partial charge on any atom is 0.148 e. The number of piperazine rings is 1. The van der Waals surface area contributed by atoms with Gasteiger partial charge in [-0.15, -0.1) is 0 Å². The first-order valence-electron chi connectivity index (χ1n) is 5.96. The van der Waals surface area contributed by atoms with Crippen molar-refractivity contribution < 1.29 is 0 Å². The molecule has 1 aromatic heterocycles. The van der Waals surface area contributed by atoms with Crippen LogP contribution in [-0.4, -0.2) is 42.1 Å². The highest BCUT2D eigenvalue weighted by atomic mass is 35.5. The van der Waals surface area contributed by atoms with E-state index in [9.17, 15) is 0 Å². The number of nitrogens with zero attached hydrogens (tertiary/aromatic N) is 4. The van der Waals surface area contributed by atoms with Gasteiger partial charge in [-0.2, -0.15) is 5.26 Å². The van der Waals surface area contributed by atoms with Gasteiger partial charge in [-0.25, -0.2) is 4.98 Å². The average Bonchev–Trinajstić information content (AvgIpc) is 2.33. The smallest absolute Gasteiger partial charge is 0.148 e. The lowest BCUT2D eigenvalue weighted by molar-refractivity contribution is 0.138. The summed E-state index contributed by atoms with van der Waals surface area (Å²) in [6, 6.07) is 3.74. The number of hydrogen-bond acceptors (Lipinski definition) is 4. The third kappa shape index (κ3) is 2.29. The van der Waals surface area contributed by atoms with Crippen LogP contribution >= 0.6 is 11.6 Å². The largest absolute Gasteiger partial charge is 0.352 e. The molecule has 2 heterocycles. The summed E-state index contributed by atoms with van der Waals surface area (Å²) in [5.41, 5.74) is 0.560. The highest BCUT2D eigenvalue weighted by Crippen LogP contribution is 2.30. The number of rotatable bonds is 1. The molecule has 2 rings (SSSR count). The van der Waals surface area contributed by atoms with Gasteiger partial charge in [0.25, 0.3) is 0 Å². The van der Waals surface area contributed by atoms with Crippen molar-refractivity contribution in [3.63, 3.8) is 0 Å². The van der Waals surface area contributed by atoms with E-state index in [0.717, 1.165) is 25.5 Å². The molecule has 0 radical (unpaired) electrons. The molecule has 0 unspecified atom stereocenters. The number of hydrogen-bond donors (Lipinski definition) is 0. The molecular formula is C13H17ClN4. The van der Waals surface area contributed by atoms with Gasteiger partial charge in [-0.1, -0.05) is 11.6 Å². The van der Waals surface area contributed by atoms with Crippen LogP contribution in [0, 0.1) is 11.3 Å². The maximum absolute atomic E-state index is 9.00. The fourth-order valence-electron chi connectivity index (χ4n) is 2.16. The Morgan fingerprint density at radius 3 is 2.78 bits per heavy atom. The molecule has 5 heteroatoms. The third-order valence-corrected chi connectivity index (χ3v) is 3.98. The summed E-state index contributed by atoms with van der Waals surface area (Å²) >= 11 is 6.23. The van der Waals surface area contributed by atoms with Gasteiger partial charge in [0.2, 0.25) is 0 Å². The van der Waals surface area contributed by atoms with Gasteiger partial charge in [0, 0.05) is 31.4 Å². The number of likely N-dealkylation sites (N-methyl/N-ethyl adjacent to an activating group) is 1. The predicted octanol–water partition coefficient (Wildman–Crippen LogP) is 2.14. The fourth-order valence-corrected chi connectivity index (χ4v) is 2.43. The van der Waals surface area contributed by atoms with Gasteiger partial charge < -0.3 is 4.90 Å². The van der Waals surface area contributed by atoms with Crippen molar-refractivity contribution in [1.29, 1.82) is 5.26 Å². The molecule has 1 fully saturated rings. The summed E-state index contributed by atoms with van der Waals surface area (Å²) in [6.07, 6.45) is 1.64. The quantitative estimate of drug-likeness (QED) is 0.780. The Balaban J connectivity index is 2.31. The van der Waals surface area contributed by atoms with E-state index in [1.165, 1.54) is 0 Å². The Hall–Kier alpha value is -1.31. The average molecular weight is 265 g/mol. The molecule has 96 valence electrons. The van der Waals surface area contributed by atoms with E-state index < -0.39 is 0 Å². The first kappa shape index (κ1) is 13.1. The van der Waals surface area contributed by atoms with E-state index in [0.29, 0.717) is 10.6 Å². The Kier molecular flexibility index (Phi) is 3.47. The Morgan fingerprint density at radius 2 is 2.17 bits per heavy atom. The van der Waals surface area contributed by atoms with Gasteiger partial charge in [0.15, 0.2) is 0 Å². The van der Waals surface area contributed by atoms with Crippen LogP contribution in [0.1, 0.15) is 19.4 Å². The second kappa shape index (κ2) is 4.75. The molecule has 0 saturated carbocycles. The van der Waals surface area contributed by atoms with Gasteiger partial charge in [0.05, 0.1) is 5.56 Å². The molecule has 0 spiro atoms. The van der Waals surface area contributed by atoms with Crippen molar-refractivity contribution in [2.45, 2.75) is 19.4 Å². The molecule has 0 N–H and O–H groups in total. The lowest BCUT2D eigenvalue weighted by Gasteiger charge is -2.45. The van der Waals surface area contributed by atoms with Crippen molar-refractivity contribution in [2.75, 3.05) is 31.6 Å². The van der Waals surface area contributed by atoms with Crippen LogP contribution in [0.15, 0.2) is 12.3 Å². The molecule has 4 nitrogen and oxygen atoms in total. The SMILES string of the molecule is CN1CCN(c2nccc(C#N)c2Cl)CC1(C)C. The van der Waals surface area contributed by atoms with Crippen LogP contribution in [0.25, 0.3) is 0 Å². The number of anilines is 1. The molecule has 1 aromatic rings. The maximum atomic E-state index is 9.00. The fraction of sp³-hybridized carbons (Fsp3) is 0.538. The normalized spacial score (nSPS) is 19.6. The Bertz CT molecular complexity index is 492. The highest BCUT2D eigenvalue weighted by Gasteiger charge is 2.32. The summed E-state index contributed by atoms with van der Waals surface area (Å²) in [7, 11) is 2.12. The molecule has 0 atom stereocenters. The summed E-state index contributed by atoms with van der Waals surface area (Å²) in [4.78, 5) is 8.81. The monoisotopic (exact) mass is 264 g/mol. The number of pyridine rings is 1. The molecule has 0 aromatic carbocycles. The molecule has 0 amide bonds. The van der Waals surface area contributed by atoms with Crippen LogP contribution in [0.5, 0.6) is 0 Å². The number of nitriles is 1. The van der Waals surface area contributed by atoms with E-state index in [4.69, 9.17) is 16.9 Å². The lowest BCUT2D eigenvalue weighted by Crippen LogP contribution is -2.58. The molecule has 18 heavy (non-hydrogen) atoms. The van der Waals surface area contributed by atoms with Crippen molar-refractivity contribution in [3.8, 4) is 6.07 Å². The van der Waals surface area contributed by atoms with Crippen LogP contribution < -0.4 is 4.90 Å². The minimum absolute atomic E-state index is 0.0753. The minimum Gasteiger partial charge on any atom is -0.352 e. The molecule has 1 aliphatic heterocycles. The third-order valence-electron chi connectivity index (χ3n) is 3.61. The van der Waals surface area contributed by atoms with Gasteiger partial charge >= 0.3 is 0 Å². The summed E-state index contributed by atoms with van der Waals surface area (Å²) in [6.45, 7) is 7.08. The van der Waals surface area contributed by atoms with Crippen LogP contribution in [0.2, 0.25) is 5.02 Å². The lowest BCUT2D eigenvalue weighted by atomic mass is 10.00. The standard InChI is InChI=1S/C13H17ClN4/c1-13(2)9-18(7-6-17(13)3)12-11(14)10(8-15)4-5-16-12/h4-5H,6-7,9H2,1-3H3. The van der Waals surface area contributed by atoms with Crippen molar-refractivity contribution >= 4 is 17.4 Å². The molecule has 0 bridgehead atoms. The second-order valence-electron chi connectivity index (χ2n) is 5.26. The first-order chi connectivity index (χ1) is 8.45. The molecule has 1 aliphatic rings. The van der Waals surface area contributed by atoms with Crippen LogP contribution in [0.3, 0.4) is 0 Å². The van der Waals surface area contributed by atoms with E-state index in [1.54, 1.807) is 12.3 Å². The second-order valence-corrected chi connectivity index (χ2v) is 5.64. The van der Waals surface area contributed by atoms with E-state index in [2.05, 4.69) is 41.7 Å². The van der Waals surface area contributed by atoms with Crippen molar-refractivity contribution in [3.05, 3.63) is 22.8 Å². The van der Waals surface area contributed by atoms with Crippen LogP contribution in [0.4, 0.5) is 5.82 Å². The zero-order chi connectivity index (χ0) is 13.3. The predicted molar refractivity (Wildman–Crippen MR) is 72.9 cm³/mol. The van der Waals surface area contributed by atoms with Crippen molar-refractivity contribution in [2.24, 2.45) is 0 Å². The highest BCUT2D eigenvalue weighted by molar-refractivity contribution is 6.34. The number of halogens is 1. The van der Waals surface area contributed by atoms with Gasteiger partial charge in [0.1, 0.15) is 16.9 Å². The van der Waals surface area contributed by atoms with E-state index in [-0.39, 0.29) is 5.54 Å². The zero-order valence-corrected chi connectivity index (χ0v) is 11.7. The van der Waals surface area contributed by atoms with Gasteiger partial charge in [-0.05, 0) is 27.0 Å². The van der Waals surface area contributed by atoms with E-state index in [1.807, 2.05) is 0 Å². The van der Waals surface area contributed by atoms with Gasteiger partial charge in [-0.3, -0.25) is 4.90 Å². The molecule has 1 saturated heterocycles. The summed E-state index contributed by atoms with van der Waals surface area (Å²) in [5, 5.41) is 9.46. The van der Waals surface area contributed by atoms with E-state index >= 15 is 0 Å². The van der Waals surface area contributed by atoms with Crippen LogP contribution in [-0.2, 0) is 0 Å². The Labute approximate surface area is 113 Å². The first-order valence-corrected chi connectivity index (χ1v) is 6.34.